The van der Waals surface area contributed by atoms with Crippen molar-refractivity contribution in [2.24, 2.45) is 5.73 Å². The zero-order chi connectivity index (χ0) is 7.70. The minimum Gasteiger partial charge on any atom is -0.430 e. The normalized spacial score (nSPS) is 8.22. The fraction of sp³-hybridized carbons (Fsp3) is 1.00. The first kappa shape index (κ1) is 11.6. The van der Waals surface area contributed by atoms with E-state index in [0.717, 1.165) is 0 Å². The molecule has 0 amide bonds. The van der Waals surface area contributed by atoms with Crippen LogP contribution in [0.3, 0.4) is 0 Å². The van der Waals surface area contributed by atoms with Crippen LogP contribution in [0.1, 0.15) is 6.42 Å². The van der Waals surface area contributed by atoms with Crippen molar-refractivity contribution in [2.75, 3.05) is 6.54 Å². The van der Waals surface area contributed by atoms with Gasteiger partial charge in [0.25, 0.3) is 0 Å². The lowest BCUT2D eigenvalue weighted by Crippen LogP contribution is -2.03. The summed E-state index contributed by atoms with van der Waals surface area (Å²) >= 11 is 0. The molecule has 0 aromatic carbocycles. The molecule has 0 bridgehead atoms. The molecule has 0 aliphatic rings. The van der Waals surface area contributed by atoms with Gasteiger partial charge in [-0.1, -0.05) is 0 Å². The smallest absolute Gasteiger partial charge is 0.430 e. The third-order valence-electron chi connectivity index (χ3n) is 0.385. The van der Waals surface area contributed by atoms with Crippen molar-refractivity contribution >= 4 is 7.69 Å². The number of nitrogens with two attached hydrogens (primary N) is 1. The first-order valence-electron chi connectivity index (χ1n) is 2.39. The Morgan fingerprint density at radius 3 is 1.78 bits per heavy atom. The van der Waals surface area contributed by atoms with E-state index in [1.807, 2.05) is 0 Å². The highest BCUT2D eigenvalue weighted by atomic mass is 19.3. The maximum absolute atomic E-state index is 11.0. The van der Waals surface area contributed by atoms with E-state index in [-0.39, 0.29) is 13.0 Å². The van der Waals surface area contributed by atoms with Crippen LogP contribution in [0.25, 0.3) is 0 Å². The second-order valence-corrected chi connectivity index (χ2v) is 1.11. The molecule has 56 valence electrons. The van der Waals surface area contributed by atoms with Gasteiger partial charge in [0.2, 0.25) is 6.43 Å². The molecule has 0 radical (unpaired) electrons. The van der Waals surface area contributed by atoms with Crippen molar-refractivity contribution in [2.45, 2.75) is 12.8 Å². The summed E-state index contributed by atoms with van der Waals surface area (Å²) in [5, 5.41) is 14.2. The van der Waals surface area contributed by atoms with Crippen LogP contribution in [-0.2, 0) is 0 Å². The van der Waals surface area contributed by atoms with Crippen molar-refractivity contribution in [1.29, 1.82) is 0 Å². The van der Waals surface area contributed by atoms with Crippen LogP contribution in [-0.4, -0.2) is 30.7 Å². The largest absolute Gasteiger partial charge is 0.432 e. The van der Waals surface area contributed by atoms with E-state index in [1.54, 1.807) is 0 Å². The molecule has 0 atom stereocenters. The van der Waals surface area contributed by atoms with Crippen LogP contribution in [0, 0.1) is 0 Å². The summed E-state index contributed by atoms with van der Waals surface area (Å²) in [7, 11) is -0.750. The minimum atomic E-state index is -2.23. The predicted octanol–water partition coefficient (Wildman–Crippen LogP) is -1.16. The molecule has 0 heterocycles. The Morgan fingerprint density at radius 2 is 1.78 bits per heavy atom. The van der Waals surface area contributed by atoms with Crippen LogP contribution in [0.4, 0.5) is 8.78 Å². The van der Waals surface area contributed by atoms with Crippen LogP contribution in [0.2, 0.25) is 0 Å². The average molecular weight is 141 g/mol. The van der Waals surface area contributed by atoms with E-state index < -0.39 is 14.1 Å². The maximum Gasteiger partial charge on any atom is 0.432 e. The lowest BCUT2D eigenvalue weighted by molar-refractivity contribution is 0.140. The van der Waals surface area contributed by atoms with E-state index in [9.17, 15) is 8.78 Å². The molecule has 0 rings (SSSR count). The standard InChI is InChI=1S/C3H7F2N.BH3O2/c4-3(5)1-2-6;2-1-3/h3H,1-2,6H2;1-3H. The summed E-state index contributed by atoms with van der Waals surface area (Å²) in [5.74, 6) is 0. The second-order valence-electron chi connectivity index (χ2n) is 1.11. The van der Waals surface area contributed by atoms with Gasteiger partial charge < -0.3 is 15.8 Å². The molecule has 6 heteroatoms. The zero-order valence-electron chi connectivity index (χ0n) is 4.93. The number of halogens is 2. The average Bonchev–Trinajstić information content (AvgIpc) is 1.67. The van der Waals surface area contributed by atoms with Crippen molar-refractivity contribution in [3.63, 3.8) is 0 Å². The molecule has 4 N–H and O–H groups in total. The first-order chi connectivity index (χ1) is 4.18. The number of hydrogen-bond donors (Lipinski definition) is 3. The van der Waals surface area contributed by atoms with Gasteiger partial charge >= 0.3 is 7.69 Å². The van der Waals surface area contributed by atoms with Crippen molar-refractivity contribution < 1.29 is 18.8 Å². The van der Waals surface area contributed by atoms with Crippen LogP contribution < -0.4 is 5.73 Å². The zero-order valence-corrected chi connectivity index (χ0v) is 4.93. The van der Waals surface area contributed by atoms with E-state index in [2.05, 4.69) is 0 Å². The van der Waals surface area contributed by atoms with E-state index >= 15 is 0 Å². The van der Waals surface area contributed by atoms with Gasteiger partial charge in [0.05, 0.1) is 0 Å². The van der Waals surface area contributed by atoms with Gasteiger partial charge in [0, 0.05) is 6.42 Å². The molecule has 3 nitrogen and oxygen atoms in total. The second kappa shape index (κ2) is 10.7. The summed E-state index contributed by atoms with van der Waals surface area (Å²) in [5.41, 5.74) is 4.75. The van der Waals surface area contributed by atoms with Gasteiger partial charge in [0.15, 0.2) is 0 Å². The minimum absolute atomic E-state index is 0.0810. The van der Waals surface area contributed by atoms with Crippen molar-refractivity contribution in [3.8, 4) is 0 Å². The Hall–Kier alpha value is -0.195. The summed E-state index contributed by atoms with van der Waals surface area (Å²) in [4.78, 5) is 0. The fourth-order valence-electron chi connectivity index (χ4n) is 0.126. The Balaban J connectivity index is 0. The van der Waals surface area contributed by atoms with Gasteiger partial charge in [-0.3, -0.25) is 0 Å². The Kier molecular flexibility index (Phi) is 13.8. The monoisotopic (exact) mass is 141 g/mol. The van der Waals surface area contributed by atoms with Crippen LogP contribution in [0.15, 0.2) is 0 Å². The topological polar surface area (TPSA) is 66.5 Å². The van der Waals surface area contributed by atoms with Gasteiger partial charge in [-0.2, -0.15) is 0 Å². The highest BCUT2D eigenvalue weighted by molar-refractivity contribution is 6.13. The molecule has 0 aromatic rings. The Morgan fingerprint density at radius 1 is 1.44 bits per heavy atom. The molecule has 0 unspecified atom stereocenters. The number of rotatable bonds is 2. The fourth-order valence-corrected chi connectivity index (χ4v) is 0.126. The highest BCUT2D eigenvalue weighted by Gasteiger charge is 1.95. The maximum atomic E-state index is 11.0. The molecule has 0 aromatic heterocycles. The highest BCUT2D eigenvalue weighted by Crippen LogP contribution is 1.93. The molecule has 9 heavy (non-hydrogen) atoms. The quantitative estimate of drug-likeness (QED) is 0.425. The first-order valence-corrected chi connectivity index (χ1v) is 2.39. The van der Waals surface area contributed by atoms with E-state index in [4.69, 9.17) is 15.8 Å². The lowest BCUT2D eigenvalue weighted by Gasteiger charge is -1.88. The van der Waals surface area contributed by atoms with Crippen molar-refractivity contribution in [3.05, 3.63) is 0 Å². The number of alkyl halides is 2. The Labute approximate surface area is 52.8 Å². The van der Waals surface area contributed by atoms with Gasteiger partial charge in [0.1, 0.15) is 0 Å². The van der Waals surface area contributed by atoms with Gasteiger partial charge in [-0.15, -0.1) is 0 Å². The van der Waals surface area contributed by atoms with E-state index in [1.165, 1.54) is 0 Å². The van der Waals surface area contributed by atoms with Gasteiger partial charge in [-0.05, 0) is 6.54 Å². The van der Waals surface area contributed by atoms with Crippen molar-refractivity contribution in [1.82, 2.24) is 0 Å². The molecule has 0 aliphatic carbocycles. The SMILES string of the molecule is NCCC(F)F.OBO. The molecule has 0 saturated heterocycles. The van der Waals surface area contributed by atoms with Crippen LogP contribution in [0.5, 0.6) is 0 Å². The summed E-state index contributed by atoms with van der Waals surface area (Å²) < 4.78 is 21.9. The molecule has 0 fully saturated rings. The summed E-state index contributed by atoms with van der Waals surface area (Å²) in [6, 6.07) is 0. The number of hydrogen-bond acceptors (Lipinski definition) is 3. The predicted molar refractivity (Wildman–Crippen MR) is 31.3 cm³/mol. The van der Waals surface area contributed by atoms with Gasteiger partial charge in [-0.25, -0.2) is 8.78 Å². The summed E-state index contributed by atoms with van der Waals surface area (Å²) in [6.45, 7) is 0.0810. The molecule has 0 saturated carbocycles. The molecule has 0 spiro atoms. The molecular formula is C3H10BF2NO2. The molecule has 0 aliphatic heterocycles. The lowest BCUT2D eigenvalue weighted by atomic mass is 10.5. The van der Waals surface area contributed by atoms with E-state index in [0.29, 0.717) is 0 Å². The third-order valence-corrected chi connectivity index (χ3v) is 0.385. The summed E-state index contributed by atoms with van der Waals surface area (Å²) in [6.07, 6.45) is -2.41. The third kappa shape index (κ3) is 33.4. The van der Waals surface area contributed by atoms with Crippen LogP contribution >= 0.6 is 0 Å². The Bertz CT molecular complexity index is 48.8. The molecular weight excluding hydrogens is 131 g/mol.